The predicted octanol–water partition coefficient (Wildman–Crippen LogP) is 4.80. The van der Waals surface area contributed by atoms with Crippen molar-refractivity contribution in [3.63, 3.8) is 0 Å². The van der Waals surface area contributed by atoms with Gasteiger partial charge in [-0.1, -0.05) is 52.4 Å². The second-order valence-electron chi connectivity index (χ2n) is 3.12. The van der Waals surface area contributed by atoms with Crippen molar-refractivity contribution in [3.8, 4) is 0 Å². The van der Waals surface area contributed by atoms with Gasteiger partial charge in [0.2, 0.25) is 0 Å². The van der Waals surface area contributed by atoms with Crippen molar-refractivity contribution in [2.75, 3.05) is 0 Å². The van der Waals surface area contributed by atoms with Crippen LogP contribution in [0, 0.1) is 13.8 Å². The van der Waals surface area contributed by atoms with Gasteiger partial charge >= 0.3 is 19.5 Å². The van der Waals surface area contributed by atoms with Crippen molar-refractivity contribution in [1.29, 1.82) is 0 Å². The average Bonchev–Trinajstić information content (AvgIpc) is 2.12. The third-order valence-electron chi connectivity index (χ3n) is 1.71. The van der Waals surface area contributed by atoms with E-state index in [9.17, 15) is 0 Å². The Bertz CT molecular complexity index is 37.1. The Balaban J connectivity index is -0.000000143. The van der Waals surface area contributed by atoms with E-state index < -0.39 is 0 Å². The Hall–Kier alpha value is 0.623. The molecule has 0 N–H and O–H groups in total. The van der Waals surface area contributed by atoms with Gasteiger partial charge in [0.05, 0.1) is 0 Å². The summed E-state index contributed by atoms with van der Waals surface area (Å²) in [6, 6.07) is 0. The van der Waals surface area contributed by atoms with E-state index >= 15 is 0 Å². The topological polar surface area (TPSA) is 0 Å². The Morgan fingerprint density at radius 3 is 1.08 bits per heavy atom. The van der Waals surface area contributed by atoms with Crippen molar-refractivity contribution >= 4 is 0 Å². The number of hydrogen-bond acceptors (Lipinski definition) is 0. The Morgan fingerprint density at radius 2 is 1.00 bits per heavy atom. The SMILES string of the molecule is [CH2-]CCCCC.[CH2-]CCCCC.[Zn+2]. The zero-order chi connectivity index (χ0) is 9.66. The van der Waals surface area contributed by atoms with Crippen LogP contribution in [0.25, 0.3) is 0 Å². The van der Waals surface area contributed by atoms with Crippen LogP contribution in [0.15, 0.2) is 0 Å². The quantitative estimate of drug-likeness (QED) is 0.353. The van der Waals surface area contributed by atoms with Gasteiger partial charge in [-0.05, 0) is 0 Å². The minimum absolute atomic E-state index is 0. The minimum Gasteiger partial charge on any atom is -0.343 e. The Morgan fingerprint density at radius 1 is 0.692 bits per heavy atom. The van der Waals surface area contributed by atoms with Gasteiger partial charge in [0, 0.05) is 0 Å². The first-order valence-corrected chi connectivity index (χ1v) is 5.41. The molecule has 0 saturated heterocycles. The van der Waals surface area contributed by atoms with Gasteiger partial charge in [0.1, 0.15) is 0 Å². The molecule has 0 aliphatic heterocycles. The molecule has 0 amide bonds. The van der Waals surface area contributed by atoms with E-state index in [0.29, 0.717) is 0 Å². The minimum atomic E-state index is 0. The molecular formula is C12H26Zn. The standard InChI is InChI=1S/2C6H13.Zn/c2*1-3-5-6-4-2;/h2*1,3-6H2,2H3;/q2*-1;+2. The van der Waals surface area contributed by atoms with Crippen molar-refractivity contribution in [3.05, 3.63) is 13.8 Å². The van der Waals surface area contributed by atoms with E-state index in [1.54, 1.807) is 0 Å². The van der Waals surface area contributed by atoms with Crippen LogP contribution in [0.3, 0.4) is 0 Å². The fourth-order valence-corrected chi connectivity index (χ4v) is 0.854. The fourth-order valence-electron chi connectivity index (χ4n) is 0.854. The number of unbranched alkanes of at least 4 members (excludes halogenated alkanes) is 6. The van der Waals surface area contributed by atoms with E-state index in [-0.39, 0.29) is 19.5 Å². The van der Waals surface area contributed by atoms with Crippen molar-refractivity contribution in [2.24, 2.45) is 0 Å². The van der Waals surface area contributed by atoms with E-state index in [1.165, 1.54) is 38.5 Å². The summed E-state index contributed by atoms with van der Waals surface area (Å²) in [5, 5.41) is 0. The molecule has 13 heavy (non-hydrogen) atoms. The monoisotopic (exact) mass is 234 g/mol. The first kappa shape index (κ1) is 19.2. The van der Waals surface area contributed by atoms with Gasteiger partial charge in [-0.25, -0.2) is 0 Å². The molecule has 0 aromatic heterocycles. The molecule has 0 aliphatic rings. The smallest absolute Gasteiger partial charge is 0.343 e. The van der Waals surface area contributed by atoms with Gasteiger partial charge in [-0.15, -0.1) is 0 Å². The molecule has 0 spiro atoms. The molecule has 0 aliphatic carbocycles. The maximum Gasteiger partial charge on any atom is 2.00 e. The number of rotatable bonds is 6. The van der Waals surface area contributed by atoms with E-state index in [1.807, 2.05) is 0 Å². The summed E-state index contributed by atoms with van der Waals surface area (Å²) in [6.07, 6.45) is 10.1. The molecule has 0 nitrogen and oxygen atoms in total. The molecule has 0 unspecified atom stereocenters. The van der Waals surface area contributed by atoms with E-state index in [0.717, 1.165) is 12.8 Å². The number of hydrogen-bond donors (Lipinski definition) is 0. The van der Waals surface area contributed by atoms with Crippen molar-refractivity contribution < 1.29 is 19.5 Å². The van der Waals surface area contributed by atoms with Crippen LogP contribution >= 0.6 is 0 Å². The summed E-state index contributed by atoms with van der Waals surface area (Å²) < 4.78 is 0. The summed E-state index contributed by atoms with van der Waals surface area (Å²) in [4.78, 5) is 0. The Kier molecular flexibility index (Phi) is 33.9. The third-order valence-corrected chi connectivity index (χ3v) is 1.71. The molecule has 1 heteroatoms. The van der Waals surface area contributed by atoms with Crippen LogP contribution in [0.4, 0.5) is 0 Å². The molecule has 0 bridgehead atoms. The van der Waals surface area contributed by atoms with Crippen LogP contribution in [-0.4, -0.2) is 0 Å². The van der Waals surface area contributed by atoms with Crippen LogP contribution in [0.1, 0.15) is 65.2 Å². The van der Waals surface area contributed by atoms with Gasteiger partial charge in [-0.2, -0.15) is 12.8 Å². The predicted molar refractivity (Wildman–Crippen MR) is 59.0 cm³/mol. The molecule has 0 heterocycles. The zero-order valence-corrected chi connectivity index (χ0v) is 12.7. The summed E-state index contributed by atoms with van der Waals surface area (Å²) >= 11 is 0. The molecule has 0 aromatic carbocycles. The second-order valence-corrected chi connectivity index (χ2v) is 3.12. The molecule has 0 saturated carbocycles. The Labute approximate surface area is 98.6 Å². The summed E-state index contributed by atoms with van der Waals surface area (Å²) in [6.45, 7) is 11.9. The van der Waals surface area contributed by atoms with E-state index in [4.69, 9.17) is 0 Å². The van der Waals surface area contributed by atoms with Crippen LogP contribution in [0.2, 0.25) is 0 Å². The molecule has 0 radical (unpaired) electrons. The van der Waals surface area contributed by atoms with E-state index in [2.05, 4.69) is 27.7 Å². The normalized spacial score (nSPS) is 8.31. The largest absolute Gasteiger partial charge is 2.00 e. The summed E-state index contributed by atoms with van der Waals surface area (Å²) in [5.74, 6) is 0. The molecule has 0 fully saturated rings. The van der Waals surface area contributed by atoms with Crippen LogP contribution < -0.4 is 0 Å². The third kappa shape index (κ3) is 32.5. The fraction of sp³-hybridized carbons (Fsp3) is 0.833. The second kappa shape index (κ2) is 22.9. The summed E-state index contributed by atoms with van der Waals surface area (Å²) in [5.41, 5.74) is 0. The molecule has 0 aromatic rings. The van der Waals surface area contributed by atoms with Gasteiger partial charge < -0.3 is 13.8 Å². The maximum absolute atomic E-state index is 3.72. The molecule has 0 rings (SSSR count). The van der Waals surface area contributed by atoms with Gasteiger partial charge in [-0.3, -0.25) is 0 Å². The molecule has 0 atom stereocenters. The molecular weight excluding hydrogens is 210 g/mol. The van der Waals surface area contributed by atoms with Crippen LogP contribution in [0.5, 0.6) is 0 Å². The van der Waals surface area contributed by atoms with Crippen molar-refractivity contribution in [1.82, 2.24) is 0 Å². The maximum atomic E-state index is 3.72. The first-order chi connectivity index (χ1) is 5.83. The first-order valence-electron chi connectivity index (χ1n) is 5.41. The van der Waals surface area contributed by atoms with Crippen molar-refractivity contribution in [2.45, 2.75) is 65.2 Å². The summed E-state index contributed by atoms with van der Waals surface area (Å²) in [7, 11) is 0. The van der Waals surface area contributed by atoms with Gasteiger partial charge in [0.15, 0.2) is 0 Å². The van der Waals surface area contributed by atoms with Gasteiger partial charge in [0.25, 0.3) is 0 Å². The van der Waals surface area contributed by atoms with Crippen LogP contribution in [-0.2, 0) is 19.5 Å². The zero-order valence-electron chi connectivity index (χ0n) is 9.78. The molecule has 76 valence electrons. The average molecular weight is 236 g/mol.